The summed E-state index contributed by atoms with van der Waals surface area (Å²) in [6.07, 6.45) is 2.39. The molecule has 2 aliphatic rings. The lowest BCUT2D eigenvalue weighted by molar-refractivity contribution is -0.143. The normalized spacial score (nSPS) is 18.7. The van der Waals surface area contributed by atoms with Crippen LogP contribution in [0.2, 0.25) is 10.0 Å². The zero-order valence-corrected chi connectivity index (χ0v) is 42.6. The van der Waals surface area contributed by atoms with Crippen LogP contribution in [-0.4, -0.2) is 146 Å². The third-order valence-corrected chi connectivity index (χ3v) is 14.3. The van der Waals surface area contributed by atoms with E-state index in [1.54, 1.807) is 21.3 Å². The molecule has 68 heavy (non-hydrogen) atoms. The van der Waals surface area contributed by atoms with Crippen molar-refractivity contribution in [1.82, 2.24) is 9.62 Å². The monoisotopic (exact) mass is 1010 g/mol. The van der Waals surface area contributed by atoms with Gasteiger partial charge < -0.3 is 53.1 Å². The fourth-order valence-corrected chi connectivity index (χ4v) is 10.4. The molecule has 378 valence electrons. The van der Waals surface area contributed by atoms with Crippen LogP contribution in [0.1, 0.15) is 76.8 Å². The molecule has 0 spiro atoms. The lowest BCUT2D eigenvalue weighted by Gasteiger charge is -2.29. The first-order valence-electron chi connectivity index (χ1n) is 22.8. The number of hydrogen-bond acceptors (Lipinski definition) is 13. The molecule has 3 atom stereocenters. The van der Waals surface area contributed by atoms with E-state index in [0.717, 1.165) is 28.3 Å². The summed E-state index contributed by atoms with van der Waals surface area (Å²) in [5, 5.41) is 13.4. The second-order valence-electron chi connectivity index (χ2n) is 18.0. The number of amides is 1. The molecule has 0 aromatic heterocycles. The lowest BCUT2D eigenvalue weighted by atomic mass is 9.98. The van der Waals surface area contributed by atoms with Crippen molar-refractivity contribution in [2.24, 2.45) is 0 Å². The second-order valence-corrected chi connectivity index (χ2v) is 20.8. The average Bonchev–Trinajstić information content (AvgIpc) is 3.79. The van der Waals surface area contributed by atoms with Gasteiger partial charge in [0.15, 0.2) is 0 Å². The highest BCUT2D eigenvalue weighted by molar-refractivity contribution is 7.89. The van der Waals surface area contributed by atoms with Gasteiger partial charge in [0.1, 0.15) is 23.1 Å². The molecule has 0 bridgehead atoms. The number of halogens is 2. The summed E-state index contributed by atoms with van der Waals surface area (Å²) in [6.45, 7) is 13.3. The predicted octanol–water partition coefficient (Wildman–Crippen LogP) is 7.54. The van der Waals surface area contributed by atoms with Crippen molar-refractivity contribution in [3.8, 4) is 22.6 Å². The van der Waals surface area contributed by atoms with Crippen molar-refractivity contribution >= 4 is 45.1 Å². The molecular weight excluding hydrogens is 944 g/mol. The van der Waals surface area contributed by atoms with Crippen LogP contribution in [0.25, 0.3) is 11.1 Å². The number of hydrogen-bond donors (Lipinski definition) is 2. The van der Waals surface area contributed by atoms with Crippen molar-refractivity contribution in [1.29, 1.82) is 0 Å². The smallest absolute Gasteiger partial charge is 0.330 e. The Labute approximate surface area is 411 Å². The van der Waals surface area contributed by atoms with Crippen molar-refractivity contribution in [3.05, 3.63) is 75.8 Å². The maximum atomic E-state index is 13.7. The second kappa shape index (κ2) is 25.5. The number of carboxylic acid groups (broad SMARTS) is 1. The fraction of sp³-hybridized carbons (Fsp3) is 0.592. The van der Waals surface area contributed by atoms with Gasteiger partial charge in [-0.1, -0.05) is 47.5 Å². The van der Waals surface area contributed by atoms with E-state index in [9.17, 15) is 23.1 Å². The van der Waals surface area contributed by atoms with E-state index in [-0.39, 0.29) is 52.1 Å². The van der Waals surface area contributed by atoms with Gasteiger partial charge >= 0.3 is 5.97 Å². The van der Waals surface area contributed by atoms with Crippen LogP contribution < -0.4 is 14.8 Å². The van der Waals surface area contributed by atoms with Gasteiger partial charge in [0.25, 0.3) is 0 Å². The van der Waals surface area contributed by atoms with Gasteiger partial charge in [-0.05, 0) is 107 Å². The van der Waals surface area contributed by atoms with E-state index in [1.165, 1.54) is 18.2 Å². The van der Waals surface area contributed by atoms with E-state index in [4.69, 9.17) is 65.8 Å². The van der Waals surface area contributed by atoms with E-state index < -0.39 is 39.4 Å². The number of carbonyl (C=O) groups excluding carboxylic acids is 1. The minimum Gasteiger partial charge on any atom is -0.496 e. The number of carbonyl (C=O) groups is 2. The first-order valence-corrected chi connectivity index (χ1v) is 25.0. The molecule has 19 heteroatoms. The van der Waals surface area contributed by atoms with Gasteiger partial charge in [-0.2, -0.15) is 4.31 Å². The van der Waals surface area contributed by atoms with Crippen molar-refractivity contribution < 1.29 is 65.7 Å². The molecular formula is C49H68Cl2N2O14S. The zero-order valence-electron chi connectivity index (χ0n) is 40.2. The van der Waals surface area contributed by atoms with Crippen LogP contribution in [0.15, 0.2) is 59.5 Å². The third kappa shape index (κ3) is 15.5. The zero-order chi connectivity index (χ0) is 49.5. The summed E-state index contributed by atoms with van der Waals surface area (Å²) in [6, 6.07) is 13.9. The molecule has 5 rings (SSSR count). The Morgan fingerprint density at radius 1 is 0.750 bits per heavy atom. The molecule has 1 saturated carbocycles. The SMILES string of the molecule is COCCC(C)(C)OCCC(C)(C)OCCOCCOCCOCCOCc1cc(OC)c(-c2ccc(C3CC3(NC(=O)[C@@H]3CCCN3S(=O)(=O)c3cc(Cl)cc(Cl)c3)C(=O)O)cc2)c(OC)c1. The Morgan fingerprint density at radius 3 is 1.82 bits per heavy atom. The average molecular weight is 1010 g/mol. The van der Waals surface area contributed by atoms with Crippen LogP contribution in [-0.2, 0) is 59.4 Å². The van der Waals surface area contributed by atoms with Crippen molar-refractivity contribution in [2.75, 3.05) is 93.9 Å². The highest BCUT2D eigenvalue weighted by Gasteiger charge is 2.63. The van der Waals surface area contributed by atoms with Gasteiger partial charge in [0, 0.05) is 36.2 Å². The highest BCUT2D eigenvalue weighted by atomic mass is 35.5. The molecule has 0 radical (unpaired) electrons. The summed E-state index contributed by atoms with van der Waals surface area (Å²) < 4.78 is 79.8. The summed E-state index contributed by atoms with van der Waals surface area (Å²) in [5.74, 6) is -1.32. The summed E-state index contributed by atoms with van der Waals surface area (Å²) in [5.41, 5.74) is 0.827. The summed E-state index contributed by atoms with van der Waals surface area (Å²) in [7, 11) is 0.668. The summed E-state index contributed by atoms with van der Waals surface area (Å²) in [4.78, 5) is 26.2. The molecule has 3 aromatic rings. The van der Waals surface area contributed by atoms with E-state index in [0.29, 0.717) is 95.1 Å². The molecule has 2 fully saturated rings. The third-order valence-electron chi connectivity index (χ3n) is 12.0. The van der Waals surface area contributed by atoms with Gasteiger partial charge in [0.05, 0.1) is 102 Å². The number of sulfonamides is 1. The molecule has 2 N–H and O–H groups in total. The molecule has 1 aliphatic heterocycles. The van der Waals surface area contributed by atoms with E-state index in [2.05, 4.69) is 33.0 Å². The lowest BCUT2D eigenvalue weighted by Crippen LogP contribution is -2.52. The predicted molar refractivity (Wildman–Crippen MR) is 258 cm³/mol. The quantitative estimate of drug-likeness (QED) is 0.0602. The van der Waals surface area contributed by atoms with Crippen LogP contribution >= 0.6 is 23.2 Å². The molecule has 1 amide bonds. The standard InChI is InChI=1S/C49H68Cl2N2O14S/c1-47(2,14-17-59-5)66-18-15-48(3,4)67-26-25-64-22-21-62-19-20-63-23-24-65-33-34-27-42(60-6)44(43(28-34)61-7)36-12-10-35(11-13-36)40-32-49(40,46(55)56)52-45(54)41-9-8-16-53(41)68(57,58)39-30-37(50)29-38(51)31-39/h10-13,27-31,40-41H,8-9,14-26,32-33H2,1-7H3,(H,52,54)(H,55,56)/t40?,41-,49?/m0/s1. The number of nitrogens with zero attached hydrogens (tertiary/aromatic N) is 1. The van der Waals surface area contributed by atoms with E-state index >= 15 is 0 Å². The highest BCUT2D eigenvalue weighted by Crippen LogP contribution is 2.52. The molecule has 1 aliphatic carbocycles. The number of methoxy groups -OCH3 is 3. The Hall–Kier alpha value is -3.59. The molecule has 1 saturated heterocycles. The number of carboxylic acids is 1. The maximum absolute atomic E-state index is 13.7. The van der Waals surface area contributed by atoms with Gasteiger partial charge in [-0.3, -0.25) is 4.79 Å². The molecule has 16 nitrogen and oxygen atoms in total. The first-order chi connectivity index (χ1) is 32.4. The molecule has 1 heterocycles. The topological polar surface area (TPSA) is 187 Å². The molecule has 3 aromatic carbocycles. The fourth-order valence-electron chi connectivity index (χ4n) is 8.01. The maximum Gasteiger partial charge on any atom is 0.330 e. The number of ether oxygens (including phenoxy) is 9. The molecule has 2 unspecified atom stereocenters. The van der Waals surface area contributed by atoms with Crippen LogP contribution in [0.5, 0.6) is 11.5 Å². The first kappa shape index (κ1) is 55.3. The van der Waals surface area contributed by atoms with Crippen LogP contribution in [0, 0.1) is 0 Å². The number of nitrogens with one attached hydrogen (secondary N) is 1. The summed E-state index contributed by atoms with van der Waals surface area (Å²) >= 11 is 12.2. The number of aliphatic carboxylic acids is 1. The van der Waals surface area contributed by atoms with Crippen LogP contribution in [0.4, 0.5) is 0 Å². The van der Waals surface area contributed by atoms with Crippen LogP contribution in [0.3, 0.4) is 0 Å². The van der Waals surface area contributed by atoms with E-state index in [1.807, 2.05) is 36.4 Å². The number of rotatable bonds is 31. The minimum absolute atomic E-state index is 0.0885. The van der Waals surface area contributed by atoms with Crippen molar-refractivity contribution in [3.63, 3.8) is 0 Å². The van der Waals surface area contributed by atoms with Crippen molar-refractivity contribution in [2.45, 2.75) is 100 Å². The largest absolute Gasteiger partial charge is 0.496 e. The Kier molecular flexibility index (Phi) is 20.8. The minimum atomic E-state index is -4.16. The van der Waals surface area contributed by atoms with Gasteiger partial charge in [-0.25, -0.2) is 13.2 Å². The Balaban J connectivity index is 1.02. The Morgan fingerprint density at radius 2 is 1.28 bits per heavy atom. The van der Waals surface area contributed by atoms with Gasteiger partial charge in [0.2, 0.25) is 15.9 Å². The number of benzene rings is 3. The Bertz CT molecular complexity index is 2180. The van der Waals surface area contributed by atoms with Gasteiger partial charge in [-0.15, -0.1) is 0 Å².